The van der Waals surface area contributed by atoms with Crippen LogP contribution in [0.3, 0.4) is 0 Å². The Morgan fingerprint density at radius 3 is 2.95 bits per heavy atom. The summed E-state index contributed by atoms with van der Waals surface area (Å²) in [7, 11) is 0. The first-order valence-electron chi connectivity index (χ1n) is 6.12. The lowest BCUT2D eigenvalue weighted by atomic mass is 10.1. The summed E-state index contributed by atoms with van der Waals surface area (Å²) in [6.07, 6.45) is -2.57. The fourth-order valence-corrected chi connectivity index (χ4v) is 2.35. The minimum absolute atomic E-state index is 0.0174. The lowest BCUT2D eigenvalue weighted by Gasteiger charge is -2.19. The van der Waals surface area contributed by atoms with Gasteiger partial charge in [0, 0.05) is 16.5 Å². The van der Waals surface area contributed by atoms with E-state index in [-0.39, 0.29) is 31.3 Å². The third-order valence-electron chi connectivity index (χ3n) is 2.72. The fourth-order valence-electron chi connectivity index (χ4n) is 1.79. The number of benzene rings is 1. The van der Waals surface area contributed by atoms with Crippen molar-refractivity contribution in [1.29, 1.82) is 0 Å². The summed E-state index contributed by atoms with van der Waals surface area (Å²) in [4.78, 5) is 23.2. The molecule has 1 amide bonds. The molecule has 0 atom stereocenters. The van der Waals surface area contributed by atoms with Crippen molar-refractivity contribution in [3.8, 4) is 5.75 Å². The van der Waals surface area contributed by atoms with Crippen LogP contribution in [0.15, 0.2) is 16.6 Å². The molecule has 8 heteroatoms. The number of amides is 1. The molecular formula is C13H12BrF2NO4. The van der Waals surface area contributed by atoms with Gasteiger partial charge in [-0.05, 0) is 28.1 Å². The number of ketones is 1. The molecular weight excluding hydrogens is 352 g/mol. The molecule has 1 aliphatic heterocycles. The zero-order valence-electron chi connectivity index (χ0n) is 10.8. The third-order valence-corrected chi connectivity index (χ3v) is 3.38. The van der Waals surface area contributed by atoms with Crippen LogP contribution >= 0.6 is 15.9 Å². The van der Waals surface area contributed by atoms with E-state index in [9.17, 15) is 18.4 Å². The molecule has 0 fully saturated rings. The summed E-state index contributed by atoms with van der Waals surface area (Å²) in [6, 6.07) is 3.08. The van der Waals surface area contributed by atoms with Crippen LogP contribution in [-0.4, -0.2) is 37.9 Å². The van der Waals surface area contributed by atoms with Crippen LogP contribution in [-0.2, 0) is 9.53 Å². The van der Waals surface area contributed by atoms with Gasteiger partial charge in [0.2, 0.25) is 0 Å². The molecule has 0 spiro atoms. The van der Waals surface area contributed by atoms with Crippen molar-refractivity contribution < 1.29 is 27.8 Å². The zero-order valence-corrected chi connectivity index (χ0v) is 12.4. The van der Waals surface area contributed by atoms with E-state index in [1.807, 2.05) is 0 Å². The van der Waals surface area contributed by atoms with Crippen LogP contribution in [0.1, 0.15) is 16.8 Å². The fraction of sp³-hybridized carbons (Fsp3) is 0.385. The van der Waals surface area contributed by atoms with Gasteiger partial charge in [-0.15, -0.1) is 0 Å². The Bertz CT molecular complexity index is 565. The van der Waals surface area contributed by atoms with Gasteiger partial charge < -0.3 is 14.8 Å². The highest BCUT2D eigenvalue weighted by Crippen LogP contribution is 2.34. The number of nitrogens with one attached hydrogen (secondary N) is 1. The van der Waals surface area contributed by atoms with E-state index in [0.29, 0.717) is 21.5 Å². The first kappa shape index (κ1) is 15.8. The number of hydrogen-bond acceptors (Lipinski definition) is 4. The number of rotatable bonds is 6. The van der Waals surface area contributed by atoms with Crippen LogP contribution in [0.5, 0.6) is 5.75 Å². The number of carbonyl (C=O) groups is 2. The molecule has 0 bridgehead atoms. The maximum atomic E-state index is 12.0. The van der Waals surface area contributed by atoms with Crippen molar-refractivity contribution in [2.24, 2.45) is 0 Å². The summed E-state index contributed by atoms with van der Waals surface area (Å²) in [6.45, 7) is -0.877. The molecule has 0 aromatic heterocycles. The first-order valence-corrected chi connectivity index (χ1v) is 6.92. The van der Waals surface area contributed by atoms with Crippen molar-refractivity contribution in [2.45, 2.75) is 12.8 Å². The number of alkyl halides is 2. The Kier molecular flexibility index (Phi) is 5.24. The number of Topliss-reactive ketones (excluding diaryl/α,β-unsaturated/α-hetero) is 1. The van der Waals surface area contributed by atoms with Gasteiger partial charge in [0.15, 0.2) is 12.4 Å². The Balaban J connectivity index is 2.02. The average molecular weight is 364 g/mol. The number of anilines is 1. The van der Waals surface area contributed by atoms with Gasteiger partial charge in [-0.3, -0.25) is 9.59 Å². The minimum atomic E-state index is -2.55. The molecule has 1 aromatic rings. The molecule has 2 rings (SSSR count). The number of fused-ring (bicyclic) bond motifs is 1. The van der Waals surface area contributed by atoms with Gasteiger partial charge in [-0.25, -0.2) is 8.78 Å². The van der Waals surface area contributed by atoms with Gasteiger partial charge in [0.25, 0.3) is 12.3 Å². The van der Waals surface area contributed by atoms with Crippen LogP contribution in [0.25, 0.3) is 0 Å². The van der Waals surface area contributed by atoms with Gasteiger partial charge in [-0.2, -0.15) is 0 Å². The largest absolute Gasteiger partial charge is 0.482 e. The molecule has 0 radical (unpaired) electrons. The van der Waals surface area contributed by atoms with E-state index in [1.165, 1.54) is 6.07 Å². The van der Waals surface area contributed by atoms with Crippen LogP contribution < -0.4 is 10.1 Å². The molecule has 1 heterocycles. The summed E-state index contributed by atoms with van der Waals surface area (Å²) < 4.78 is 34.2. The van der Waals surface area contributed by atoms with Gasteiger partial charge in [0.1, 0.15) is 12.4 Å². The summed E-state index contributed by atoms with van der Waals surface area (Å²) in [5.41, 5.74) is 0.828. The SMILES string of the molecule is O=C1COc2cc(C(=O)CCOCC(F)F)c(Br)cc2N1. The van der Waals surface area contributed by atoms with E-state index < -0.39 is 13.0 Å². The lowest BCUT2D eigenvalue weighted by Crippen LogP contribution is -2.25. The summed E-state index contributed by atoms with van der Waals surface area (Å²) in [5, 5.41) is 2.62. The van der Waals surface area contributed by atoms with E-state index in [0.717, 1.165) is 0 Å². The molecule has 1 N–H and O–H groups in total. The molecule has 1 aromatic carbocycles. The number of halogens is 3. The molecule has 1 aliphatic rings. The maximum Gasteiger partial charge on any atom is 0.262 e. The van der Waals surface area contributed by atoms with Crippen LogP contribution in [0.4, 0.5) is 14.5 Å². The predicted molar refractivity (Wildman–Crippen MR) is 74.0 cm³/mol. The number of carbonyl (C=O) groups excluding carboxylic acids is 2. The standard InChI is InChI=1S/C13H12BrF2NO4/c14-8-4-9-11(21-6-13(19)17-9)3-7(8)10(18)1-2-20-5-12(15)16/h3-4,12H,1-2,5-6H2,(H,17,19). The highest BCUT2D eigenvalue weighted by Gasteiger charge is 2.20. The van der Waals surface area contributed by atoms with Crippen molar-refractivity contribution in [1.82, 2.24) is 0 Å². The molecule has 0 saturated carbocycles. The van der Waals surface area contributed by atoms with Crippen molar-refractivity contribution in [3.63, 3.8) is 0 Å². The highest BCUT2D eigenvalue weighted by atomic mass is 79.9. The third kappa shape index (κ3) is 4.21. The van der Waals surface area contributed by atoms with Gasteiger partial charge in [-0.1, -0.05) is 0 Å². The Morgan fingerprint density at radius 1 is 1.48 bits per heavy atom. The number of ether oxygens (including phenoxy) is 2. The molecule has 0 unspecified atom stereocenters. The van der Waals surface area contributed by atoms with Gasteiger partial charge in [0.05, 0.1) is 12.3 Å². The van der Waals surface area contributed by atoms with E-state index in [1.54, 1.807) is 6.07 Å². The van der Waals surface area contributed by atoms with Gasteiger partial charge >= 0.3 is 0 Å². The second-order valence-electron chi connectivity index (χ2n) is 4.30. The van der Waals surface area contributed by atoms with Crippen molar-refractivity contribution in [2.75, 3.05) is 25.1 Å². The van der Waals surface area contributed by atoms with Crippen LogP contribution in [0, 0.1) is 0 Å². The molecule has 5 nitrogen and oxygen atoms in total. The average Bonchev–Trinajstić information content (AvgIpc) is 2.42. The maximum absolute atomic E-state index is 12.0. The Morgan fingerprint density at radius 2 is 2.24 bits per heavy atom. The predicted octanol–water partition coefficient (Wildman–Crippen LogP) is 2.63. The second kappa shape index (κ2) is 6.95. The Hall–Kier alpha value is -1.54. The highest BCUT2D eigenvalue weighted by molar-refractivity contribution is 9.10. The Labute approximate surface area is 127 Å². The lowest BCUT2D eigenvalue weighted by molar-refractivity contribution is -0.118. The normalized spacial score (nSPS) is 13.6. The first-order chi connectivity index (χ1) is 9.97. The van der Waals surface area contributed by atoms with Crippen LogP contribution in [0.2, 0.25) is 0 Å². The minimum Gasteiger partial charge on any atom is -0.482 e. The van der Waals surface area contributed by atoms with E-state index in [4.69, 9.17) is 4.74 Å². The summed E-state index contributed by atoms with van der Waals surface area (Å²) in [5.74, 6) is -0.136. The molecule has 0 aliphatic carbocycles. The quantitative estimate of drug-likeness (QED) is 0.623. The topological polar surface area (TPSA) is 64.6 Å². The summed E-state index contributed by atoms with van der Waals surface area (Å²) >= 11 is 3.24. The zero-order chi connectivity index (χ0) is 15.4. The van der Waals surface area contributed by atoms with E-state index >= 15 is 0 Å². The molecule has 0 saturated heterocycles. The second-order valence-corrected chi connectivity index (χ2v) is 5.16. The molecule has 21 heavy (non-hydrogen) atoms. The number of hydrogen-bond donors (Lipinski definition) is 1. The van der Waals surface area contributed by atoms with Crippen molar-refractivity contribution >= 4 is 33.3 Å². The smallest absolute Gasteiger partial charge is 0.262 e. The monoisotopic (exact) mass is 363 g/mol. The van der Waals surface area contributed by atoms with Crippen molar-refractivity contribution in [3.05, 3.63) is 22.2 Å². The molecule has 114 valence electrons. The van der Waals surface area contributed by atoms with E-state index in [2.05, 4.69) is 26.0 Å².